The van der Waals surface area contributed by atoms with Crippen LogP contribution in [0.25, 0.3) is 0 Å². The summed E-state index contributed by atoms with van der Waals surface area (Å²) in [6, 6.07) is 9.06. The number of hydrogen-bond acceptors (Lipinski definition) is 3. The normalized spacial score (nSPS) is 14.7. The minimum atomic E-state index is 0.825. The van der Waals surface area contributed by atoms with Crippen LogP contribution in [0.2, 0.25) is 0 Å². The molecule has 1 saturated carbocycles. The summed E-state index contributed by atoms with van der Waals surface area (Å²) in [5.41, 5.74) is 8.40. The fourth-order valence-corrected chi connectivity index (χ4v) is 3.14. The molecule has 0 radical (unpaired) electrons. The molecule has 0 spiro atoms. The smallest absolute Gasteiger partial charge is 0.0310 e. The van der Waals surface area contributed by atoms with Gasteiger partial charge in [0.15, 0.2) is 0 Å². The largest absolute Gasteiger partial charge is 0.330 e. The predicted octanol–water partition coefficient (Wildman–Crippen LogP) is 3.90. The Morgan fingerprint density at radius 3 is 2.80 bits per heavy atom. The molecule has 0 atom stereocenters. The van der Waals surface area contributed by atoms with Gasteiger partial charge in [-0.05, 0) is 49.3 Å². The molecule has 112 valence electrons. The van der Waals surface area contributed by atoms with Crippen molar-refractivity contribution in [2.45, 2.75) is 51.5 Å². The Hall–Kier alpha value is -0.510. The SMILES string of the molecule is NCCCCCSNCc1cccc(CCC2CC2)c1. The maximum Gasteiger partial charge on any atom is 0.0310 e. The molecule has 1 aliphatic carbocycles. The third-order valence-corrected chi connectivity index (χ3v) is 4.70. The van der Waals surface area contributed by atoms with E-state index in [0.29, 0.717) is 0 Å². The van der Waals surface area contributed by atoms with Crippen LogP contribution in [0, 0.1) is 5.92 Å². The van der Waals surface area contributed by atoms with Crippen LogP contribution >= 0.6 is 11.9 Å². The summed E-state index contributed by atoms with van der Waals surface area (Å²) in [6.07, 6.45) is 9.23. The van der Waals surface area contributed by atoms with Gasteiger partial charge in [-0.2, -0.15) is 0 Å². The second-order valence-corrected chi connectivity index (χ2v) is 6.81. The number of nitrogens with one attached hydrogen (secondary N) is 1. The van der Waals surface area contributed by atoms with Crippen LogP contribution < -0.4 is 10.5 Å². The van der Waals surface area contributed by atoms with Gasteiger partial charge >= 0.3 is 0 Å². The summed E-state index contributed by atoms with van der Waals surface area (Å²) in [5, 5.41) is 0. The first-order chi connectivity index (χ1) is 9.88. The minimum absolute atomic E-state index is 0.825. The minimum Gasteiger partial charge on any atom is -0.330 e. The average Bonchev–Trinajstić information content (AvgIpc) is 3.29. The molecule has 1 aromatic carbocycles. The lowest BCUT2D eigenvalue weighted by atomic mass is 10.0. The summed E-state index contributed by atoms with van der Waals surface area (Å²) < 4.78 is 3.47. The van der Waals surface area contributed by atoms with E-state index in [1.165, 1.54) is 55.4 Å². The number of nitrogens with two attached hydrogens (primary N) is 1. The van der Waals surface area contributed by atoms with Gasteiger partial charge in [-0.15, -0.1) is 0 Å². The topological polar surface area (TPSA) is 38.0 Å². The zero-order valence-electron chi connectivity index (χ0n) is 12.4. The number of aryl methyl sites for hydroxylation is 1. The molecule has 0 aliphatic heterocycles. The summed E-state index contributed by atoms with van der Waals surface area (Å²) in [5.74, 6) is 2.21. The fraction of sp³-hybridized carbons (Fsp3) is 0.647. The third kappa shape index (κ3) is 6.78. The van der Waals surface area contributed by atoms with Gasteiger partial charge in [0.2, 0.25) is 0 Å². The molecular weight excluding hydrogens is 264 g/mol. The summed E-state index contributed by atoms with van der Waals surface area (Å²) in [6.45, 7) is 1.80. The molecule has 0 heterocycles. The molecule has 3 N–H and O–H groups in total. The summed E-state index contributed by atoms with van der Waals surface area (Å²) in [7, 11) is 0. The average molecular weight is 292 g/mol. The lowest BCUT2D eigenvalue weighted by Gasteiger charge is -2.07. The molecule has 20 heavy (non-hydrogen) atoms. The molecule has 0 amide bonds. The first-order valence-electron chi connectivity index (χ1n) is 8.01. The van der Waals surface area contributed by atoms with E-state index in [0.717, 1.165) is 25.4 Å². The maximum atomic E-state index is 5.48. The molecular formula is C17H28N2S. The van der Waals surface area contributed by atoms with Gasteiger partial charge < -0.3 is 5.73 Å². The van der Waals surface area contributed by atoms with E-state index in [-0.39, 0.29) is 0 Å². The van der Waals surface area contributed by atoms with Crippen LogP contribution in [0.4, 0.5) is 0 Å². The van der Waals surface area contributed by atoms with Crippen LogP contribution in [0.5, 0.6) is 0 Å². The van der Waals surface area contributed by atoms with Gasteiger partial charge in [0.05, 0.1) is 0 Å². The third-order valence-electron chi connectivity index (χ3n) is 3.86. The highest BCUT2D eigenvalue weighted by Crippen LogP contribution is 2.33. The van der Waals surface area contributed by atoms with Crippen LogP contribution in [0.1, 0.15) is 49.7 Å². The van der Waals surface area contributed by atoms with E-state index < -0.39 is 0 Å². The van der Waals surface area contributed by atoms with E-state index in [1.807, 2.05) is 11.9 Å². The molecule has 0 unspecified atom stereocenters. The second kappa shape index (κ2) is 9.43. The Balaban J connectivity index is 1.58. The van der Waals surface area contributed by atoms with Crippen LogP contribution in [0.15, 0.2) is 24.3 Å². The predicted molar refractivity (Wildman–Crippen MR) is 89.7 cm³/mol. The Bertz CT molecular complexity index is 377. The number of unbranched alkanes of at least 4 members (excludes halogenated alkanes) is 2. The number of benzene rings is 1. The van der Waals surface area contributed by atoms with Crippen molar-refractivity contribution in [2.75, 3.05) is 12.3 Å². The van der Waals surface area contributed by atoms with Gasteiger partial charge in [-0.25, -0.2) is 0 Å². The Labute approximate surface area is 128 Å². The molecule has 3 heteroatoms. The quantitative estimate of drug-likeness (QED) is 0.480. The summed E-state index contributed by atoms with van der Waals surface area (Å²) in [4.78, 5) is 0. The molecule has 1 aliphatic rings. The monoisotopic (exact) mass is 292 g/mol. The van der Waals surface area contributed by atoms with Crippen LogP contribution in [0.3, 0.4) is 0 Å². The van der Waals surface area contributed by atoms with Crippen molar-refractivity contribution in [3.8, 4) is 0 Å². The molecule has 0 bridgehead atoms. The van der Waals surface area contributed by atoms with Gasteiger partial charge in [0, 0.05) is 12.3 Å². The first-order valence-corrected chi connectivity index (χ1v) is 8.99. The van der Waals surface area contributed by atoms with Crippen molar-refractivity contribution in [1.82, 2.24) is 4.72 Å². The number of hydrogen-bond donors (Lipinski definition) is 2. The Morgan fingerprint density at radius 1 is 1.15 bits per heavy atom. The van der Waals surface area contributed by atoms with E-state index in [9.17, 15) is 0 Å². The van der Waals surface area contributed by atoms with Crippen LogP contribution in [-0.4, -0.2) is 12.3 Å². The van der Waals surface area contributed by atoms with Gasteiger partial charge in [0.1, 0.15) is 0 Å². The van der Waals surface area contributed by atoms with Crippen molar-refractivity contribution in [3.05, 3.63) is 35.4 Å². The second-order valence-electron chi connectivity index (χ2n) is 5.82. The lowest BCUT2D eigenvalue weighted by molar-refractivity contribution is 0.725. The highest BCUT2D eigenvalue weighted by atomic mass is 32.2. The highest BCUT2D eigenvalue weighted by molar-refractivity contribution is 7.97. The van der Waals surface area contributed by atoms with Gasteiger partial charge in [-0.1, -0.05) is 55.5 Å². The molecule has 2 nitrogen and oxygen atoms in total. The zero-order chi connectivity index (χ0) is 14.0. The zero-order valence-corrected chi connectivity index (χ0v) is 13.3. The fourth-order valence-electron chi connectivity index (χ4n) is 2.37. The van der Waals surface area contributed by atoms with Crippen molar-refractivity contribution >= 4 is 11.9 Å². The van der Waals surface area contributed by atoms with E-state index >= 15 is 0 Å². The van der Waals surface area contributed by atoms with Crippen molar-refractivity contribution in [1.29, 1.82) is 0 Å². The maximum absolute atomic E-state index is 5.48. The Morgan fingerprint density at radius 2 is 2.00 bits per heavy atom. The lowest BCUT2D eigenvalue weighted by Crippen LogP contribution is -2.05. The molecule has 1 aromatic rings. The highest BCUT2D eigenvalue weighted by Gasteiger charge is 2.20. The molecule has 0 saturated heterocycles. The van der Waals surface area contributed by atoms with Crippen molar-refractivity contribution < 1.29 is 0 Å². The van der Waals surface area contributed by atoms with Crippen LogP contribution in [-0.2, 0) is 13.0 Å². The molecule has 0 aromatic heterocycles. The van der Waals surface area contributed by atoms with Gasteiger partial charge in [-0.3, -0.25) is 4.72 Å². The Kier molecular flexibility index (Phi) is 7.48. The summed E-state index contributed by atoms with van der Waals surface area (Å²) >= 11 is 1.84. The van der Waals surface area contributed by atoms with Gasteiger partial charge in [0.25, 0.3) is 0 Å². The molecule has 1 fully saturated rings. The molecule has 2 rings (SSSR count). The van der Waals surface area contributed by atoms with E-state index in [1.54, 1.807) is 0 Å². The van der Waals surface area contributed by atoms with E-state index in [4.69, 9.17) is 5.73 Å². The standard InChI is InChI=1S/C17H28N2S/c18-11-2-1-3-12-20-19-14-17-6-4-5-16(13-17)10-9-15-7-8-15/h4-6,13,15,19H,1-3,7-12,14,18H2. The van der Waals surface area contributed by atoms with Crippen molar-refractivity contribution in [3.63, 3.8) is 0 Å². The van der Waals surface area contributed by atoms with Crippen molar-refractivity contribution in [2.24, 2.45) is 11.7 Å². The first kappa shape index (κ1) is 15.9. The van der Waals surface area contributed by atoms with E-state index in [2.05, 4.69) is 29.0 Å². The number of rotatable bonds is 11.